The molecule has 0 aliphatic rings. The Balaban J connectivity index is 1.87. The van der Waals surface area contributed by atoms with Crippen molar-refractivity contribution in [3.63, 3.8) is 0 Å². The van der Waals surface area contributed by atoms with Gasteiger partial charge in [-0.25, -0.2) is 0 Å². The lowest BCUT2D eigenvalue weighted by Crippen LogP contribution is -2.08. The van der Waals surface area contributed by atoms with Crippen LogP contribution in [0.5, 0.6) is 5.88 Å². The van der Waals surface area contributed by atoms with Crippen molar-refractivity contribution in [1.82, 2.24) is 20.2 Å². The maximum absolute atomic E-state index is 5.71. The van der Waals surface area contributed by atoms with E-state index in [1.165, 1.54) is 0 Å². The summed E-state index contributed by atoms with van der Waals surface area (Å²) in [4.78, 5) is 8.65. The van der Waals surface area contributed by atoms with E-state index in [0.29, 0.717) is 43.9 Å². The Kier molecular flexibility index (Phi) is 6.17. The van der Waals surface area contributed by atoms with Crippen LogP contribution in [0.25, 0.3) is 11.0 Å². The van der Waals surface area contributed by atoms with Crippen LogP contribution in [0, 0.1) is 0 Å². The van der Waals surface area contributed by atoms with Crippen molar-refractivity contribution in [1.29, 1.82) is 0 Å². The van der Waals surface area contributed by atoms with Gasteiger partial charge in [-0.1, -0.05) is 0 Å². The van der Waals surface area contributed by atoms with Crippen LogP contribution < -0.4 is 10.1 Å². The van der Waals surface area contributed by atoms with Gasteiger partial charge in [0, 0.05) is 26.7 Å². The van der Waals surface area contributed by atoms with Crippen molar-refractivity contribution in [3.8, 4) is 5.88 Å². The number of H-pyrrole nitrogens is 1. The zero-order chi connectivity index (χ0) is 14.9. The van der Waals surface area contributed by atoms with E-state index in [9.17, 15) is 0 Å². The highest BCUT2D eigenvalue weighted by Crippen LogP contribution is 2.22. The minimum Gasteiger partial charge on any atom is -0.477 e. The average molecular weight is 295 g/mol. The quantitative estimate of drug-likeness (QED) is 0.636. The highest BCUT2D eigenvalue weighted by atomic mass is 16.5. The summed E-state index contributed by atoms with van der Waals surface area (Å²) in [5.41, 5.74) is 0.660. The second-order valence-electron chi connectivity index (χ2n) is 4.32. The number of methoxy groups -OCH3 is 1. The van der Waals surface area contributed by atoms with E-state index in [0.717, 1.165) is 18.4 Å². The summed E-state index contributed by atoms with van der Waals surface area (Å²) in [7, 11) is 1.65. The molecule has 0 aliphatic heterocycles. The van der Waals surface area contributed by atoms with E-state index in [1.54, 1.807) is 13.3 Å². The molecule has 0 amide bonds. The molecule has 0 aliphatic carbocycles. The van der Waals surface area contributed by atoms with Gasteiger partial charge in [-0.3, -0.25) is 5.10 Å². The zero-order valence-electron chi connectivity index (χ0n) is 12.4. The van der Waals surface area contributed by atoms with Gasteiger partial charge in [0.1, 0.15) is 5.39 Å². The molecule has 2 heterocycles. The largest absolute Gasteiger partial charge is 0.477 e. The predicted molar refractivity (Wildman–Crippen MR) is 78.7 cm³/mol. The van der Waals surface area contributed by atoms with Gasteiger partial charge < -0.3 is 19.5 Å². The number of aromatic amines is 1. The van der Waals surface area contributed by atoms with E-state index in [2.05, 4.69) is 25.5 Å². The minimum absolute atomic E-state index is 0.524. The third-order valence-corrected chi connectivity index (χ3v) is 2.71. The summed E-state index contributed by atoms with van der Waals surface area (Å²) in [5.74, 6) is 1.06. The van der Waals surface area contributed by atoms with Gasteiger partial charge in [-0.2, -0.15) is 15.1 Å². The minimum atomic E-state index is 0.524. The van der Waals surface area contributed by atoms with Crippen molar-refractivity contribution in [3.05, 3.63) is 6.20 Å². The molecule has 2 rings (SSSR count). The smallest absolute Gasteiger partial charge is 0.229 e. The molecule has 116 valence electrons. The number of nitrogens with zero attached hydrogens (tertiary/aromatic N) is 3. The van der Waals surface area contributed by atoms with Crippen LogP contribution in [0.15, 0.2) is 6.20 Å². The summed E-state index contributed by atoms with van der Waals surface area (Å²) in [6.45, 7) is 5.08. The fraction of sp³-hybridized carbons (Fsp3) is 0.615. The van der Waals surface area contributed by atoms with Gasteiger partial charge in [0.05, 0.1) is 26.0 Å². The fourth-order valence-corrected chi connectivity index (χ4v) is 1.73. The third kappa shape index (κ3) is 4.54. The van der Waals surface area contributed by atoms with Crippen LogP contribution in [0.4, 0.5) is 5.95 Å². The maximum atomic E-state index is 5.71. The lowest BCUT2D eigenvalue weighted by Gasteiger charge is -2.08. The van der Waals surface area contributed by atoms with E-state index in [1.807, 2.05) is 6.92 Å². The second-order valence-corrected chi connectivity index (χ2v) is 4.32. The fourth-order valence-electron chi connectivity index (χ4n) is 1.73. The highest BCUT2D eigenvalue weighted by molar-refractivity contribution is 5.80. The number of hydrogen-bond acceptors (Lipinski definition) is 7. The maximum Gasteiger partial charge on any atom is 0.229 e. The van der Waals surface area contributed by atoms with Gasteiger partial charge >= 0.3 is 0 Å². The Bertz CT molecular complexity index is 546. The first kappa shape index (κ1) is 15.5. The van der Waals surface area contributed by atoms with Crippen molar-refractivity contribution in [2.45, 2.75) is 13.3 Å². The number of anilines is 1. The molecule has 2 N–H and O–H groups in total. The normalized spacial score (nSPS) is 11.0. The zero-order valence-corrected chi connectivity index (χ0v) is 12.4. The lowest BCUT2D eigenvalue weighted by atomic mass is 10.4. The highest BCUT2D eigenvalue weighted by Gasteiger charge is 2.10. The lowest BCUT2D eigenvalue weighted by molar-refractivity contribution is 0.0643. The second kappa shape index (κ2) is 8.38. The number of fused-ring (bicyclic) bond motifs is 1. The SMILES string of the molecule is CCNc1nc(OCCCOCCOC)c2cn[nH]c2n1. The van der Waals surface area contributed by atoms with Gasteiger partial charge in [0.2, 0.25) is 11.8 Å². The number of ether oxygens (including phenoxy) is 3. The molecule has 0 saturated carbocycles. The van der Waals surface area contributed by atoms with E-state index >= 15 is 0 Å². The Morgan fingerprint density at radius 3 is 2.90 bits per heavy atom. The van der Waals surface area contributed by atoms with Crippen molar-refractivity contribution in [2.75, 3.05) is 45.4 Å². The Morgan fingerprint density at radius 1 is 1.19 bits per heavy atom. The molecule has 0 bridgehead atoms. The van der Waals surface area contributed by atoms with E-state index < -0.39 is 0 Å². The molecular formula is C13H21N5O3. The predicted octanol–water partition coefficient (Wildman–Crippen LogP) is 1.22. The van der Waals surface area contributed by atoms with Crippen LogP contribution >= 0.6 is 0 Å². The van der Waals surface area contributed by atoms with Crippen LogP contribution in [-0.2, 0) is 9.47 Å². The topological polar surface area (TPSA) is 94.2 Å². The molecule has 8 nitrogen and oxygen atoms in total. The van der Waals surface area contributed by atoms with Crippen LogP contribution in [0.3, 0.4) is 0 Å². The van der Waals surface area contributed by atoms with Gasteiger partial charge in [-0.15, -0.1) is 0 Å². The molecule has 0 atom stereocenters. The molecule has 0 radical (unpaired) electrons. The Labute approximate surface area is 123 Å². The van der Waals surface area contributed by atoms with Crippen molar-refractivity contribution in [2.24, 2.45) is 0 Å². The molecule has 8 heteroatoms. The molecule has 2 aromatic heterocycles. The first-order valence-corrected chi connectivity index (χ1v) is 6.99. The molecule has 21 heavy (non-hydrogen) atoms. The van der Waals surface area contributed by atoms with Crippen LogP contribution in [-0.4, -0.2) is 60.2 Å². The summed E-state index contributed by atoms with van der Waals surface area (Å²) in [6.07, 6.45) is 2.44. The van der Waals surface area contributed by atoms with E-state index in [4.69, 9.17) is 14.2 Å². The van der Waals surface area contributed by atoms with Gasteiger partial charge in [0.25, 0.3) is 0 Å². The van der Waals surface area contributed by atoms with E-state index in [-0.39, 0.29) is 0 Å². The van der Waals surface area contributed by atoms with Crippen molar-refractivity contribution < 1.29 is 14.2 Å². The third-order valence-electron chi connectivity index (χ3n) is 2.71. The molecule has 0 spiro atoms. The molecule has 0 fully saturated rings. The summed E-state index contributed by atoms with van der Waals surface area (Å²) >= 11 is 0. The Hall–Kier alpha value is -1.93. The standard InChI is InChI=1S/C13H21N5O3/c1-3-14-13-16-11-10(9-15-18-11)12(17-13)21-6-4-5-20-8-7-19-2/h9H,3-8H2,1-2H3,(H2,14,15,16,17,18). The first-order valence-electron chi connectivity index (χ1n) is 6.99. The summed E-state index contributed by atoms with van der Waals surface area (Å²) < 4.78 is 16.0. The molecular weight excluding hydrogens is 274 g/mol. The van der Waals surface area contributed by atoms with Gasteiger partial charge in [0.15, 0.2) is 5.65 Å². The monoisotopic (exact) mass is 295 g/mol. The Morgan fingerprint density at radius 2 is 2.10 bits per heavy atom. The number of aromatic nitrogens is 4. The average Bonchev–Trinajstić information content (AvgIpc) is 2.95. The molecule has 2 aromatic rings. The number of hydrogen-bond donors (Lipinski definition) is 2. The van der Waals surface area contributed by atoms with Crippen LogP contribution in [0.2, 0.25) is 0 Å². The summed E-state index contributed by atoms with van der Waals surface area (Å²) in [5, 5.41) is 10.6. The van der Waals surface area contributed by atoms with Crippen molar-refractivity contribution >= 4 is 17.0 Å². The number of nitrogens with one attached hydrogen (secondary N) is 2. The number of rotatable bonds is 10. The molecule has 0 aromatic carbocycles. The summed E-state index contributed by atoms with van der Waals surface area (Å²) in [6, 6.07) is 0. The first-order chi connectivity index (χ1) is 10.3. The van der Waals surface area contributed by atoms with Crippen LogP contribution in [0.1, 0.15) is 13.3 Å². The van der Waals surface area contributed by atoms with Gasteiger partial charge in [-0.05, 0) is 6.92 Å². The molecule has 0 saturated heterocycles. The molecule has 0 unspecified atom stereocenters.